The molecule has 1 aliphatic heterocycles. The highest BCUT2D eigenvalue weighted by Crippen LogP contribution is 2.35. The van der Waals surface area contributed by atoms with Crippen molar-refractivity contribution in [2.24, 2.45) is 6.98 Å². The maximum absolute atomic E-state index is 15.7. The van der Waals surface area contributed by atoms with Gasteiger partial charge in [-0.05, 0) is 41.5 Å². The number of benzene rings is 2. The molecule has 3 heterocycles. The average Bonchev–Trinajstić information content (AvgIpc) is 3.34. The van der Waals surface area contributed by atoms with Crippen LogP contribution in [0.25, 0.3) is 22.0 Å². The van der Waals surface area contributed by atoms with Gasteiger partial charge in [-0.1, -0.05) is 12.1 Å². The van der Waals surface area contributed by atoms with E-state index in [-0.39, 0.29) is 23.4 Å². The Morgan fingerprint density at radius 1 is 1.23 bits per heavy atom. The van der Waals surface area contributed by atoms with E-state index in [1.807, 2.05) is 0 Å². The summed E-state index contributed by atoms with van der Waals surface area (Å²) < 4.78 is 56.5. The Bertz CT molecular complexity index is 1510. The topological polar surface area (TPSA) is 54.3 Å². The second-order valence-corrected chi connectivity index (χ2v) is 7.56. The van der Waals surface area contributed by atoms with Crippen molar-refractivity contribution in [1.29, 1.82) is 0 Å². The van der Waals surface area contributed by atoms with Crippen molar-refractivity contribution >= 4 is 22.5 Å². The van der Waals surface area contributed by atoms with Gasteiger partial charge in [-0.15, -0.1) is 0 Å². The van der Waals surface area contributed by atoms with Crippen LogP contribution in [0, 0.1) is 5.82 Å². The normalized spacial score (nSPS) is 17.6. The minimum atomic E-state index is -2.45. The summed E-state index contributed by atoms with van der Waals surface area (Å²) in [6.45, 7) is -4.95. The molecule has 0 fully saturated rings. The molecule has 6 nitrogen and oxygen atoms in total. The average molecular weight is 421 g/mol. The van der Waals surface area contributed by atoms with Gasteiger partial charge in [0.05, 0.1) is 32.6 Å². The predicted molar refractivity (Wildman–Crippen MR) is 118 cm³/mol. The number of aryl methyl sites for hydroxylation is 1. The summed E-state index contributed by atoms with van der Waals surface area (Å²) in [5, 5.41) is 4.69. The molecule has 0 spiro atoms. The van der Waals surface area contributed by atoms with E-state index >= 15 is 4.39 Å². The zero-order valence-electron chi connectivity index (χ0n) is 21.9. The fourth-order valence-corrected chi connectivity index (χ4v) is 3.89. The number of carbonyl (C=O) groups excluding carboxylic acids is 1. The van der Waals surface area contributed by atoms with Crippen molar-refractivity contribution in [3.8, 4) is 11.1 Å². The summed E-state index contributed by atoms with van der Waals surface area (Å²) in [6, 6.07) is 11.3. The van der Waals surface area contributed by atoms with E-state index in [1.165, 1.54) is 24.5 Å². The highest BCUT2D eigenvalue weighted by atomic mass is 19.1. The quantitative estimate of drug-likeness (QED) is 0.501. The number of hydrogen-bond donors (Lipinski definition) is 0. The molecule has 0 unspecified atom stereocenters. The van der Waals surface area contributed by atoms with Gasteiger partial charge in [-0.25, -0.2) is 4.39 Å². The molecule has 0 saturated heterocycles. The summed E-state index contributed by atoms with van der Waals surface area (Å²) >= 11 is 0. The maximum atomic E-state index is 15.7. The molecule has 31 heavy (non-hydrogen) atoms. The van der Waals surface area contributed by atoms with Gasteiger partial charge in [-0.3, -0.25) is 14.5 Å². The highest BCUT2D eigenvalue weighted by molar-refractivity contribution is 5.98. The number of hydrogen-bond acceptors (Lipinski definition) is 4. The molecule has 4 aromatic rings. The Labute approximate surface area is 186 Å². The fraction of sp³-hybridized carbons (Fsp3) is 0.208. The number of rotatable bonds is 4. The first-order valence-corrected chi connectivity index (χ1v) is 9.66. The van der Waals surface area contributed by atoms with Gasteiger partial charge >= 0.3 is 0 Å². The lowest BCUT2D eigenvalue weighted by Gasteiger charge is -2.23. The third kappa shape index (κ3) is 3.22. The second-order valence-electron chi connectivity index (χ2n) is 7.56. The van der Waals surface area contributed by atoms with Gasteiger partial charge in [-0.2, -0.15) is 5.10 Å². The number of halogens is 1. The number of aromatic nitrogens is 3. The van der Waals surface area contributed by atoms with Crippen LogP contribution in [-0.4, -0.2) is 39.7 Å². The summed E-state index contributed by atoms with van der Waals surface area (Å²) in [7, 11) is 3.46. The van der Waals surface area contributed by atoms with Crippen LogP contribution in [0.3, 0.4) is 0 Å². The van der Waals surface area contributed by atoms with Gasteiger partial charge in [0.2, 0.25) is 0 Å². The number of amides is 1. The van der Waals surface area contributed by atoms with Crippen molar-refractivity contribution < 1.29 is 16.0 Å². The van der Waals surface area contributed by atoms with Crippen LogP contribution in [-0.2, 0) is 20.0 Å². The third-order valence-electron chi connectivity index (χ3n) is 5.36. The van der Waals surface area contributed by atoms with Gasteiger partial charge in [0.15, 0.2) is 0 Å². The van der Waals surface area contributed by atoms with Crippen LogP contribution in [0.2, 0.25) is 0 Å². The van der Waals surface area contributed by atoms with Crippen LogP contribution in [0.15, 0.2) is 54.9 Å². The van der Waals surface area contributed by atoms with E-state index in [0.29, 0.717) is 27.7 Å². The first kappa shape index (κ1) is 14.3. The number of pyridine rings is 1. The van der Waals surface area contributed by atoms with Crippen LogP contribution in [0.4, 0.5) is 10.1 Å². The van der Waals surface area contributed by atoms with Crippen molar-refractivity contribution in [2.75, 3.05) is 19.0 Å². The summed E-state index contributed by atoms with van der Waals surface area (Å²) in [5.74, 6) is -1.18. The maximum Gasteiger partial charge on any atom is 0.256 e. The van der Waals surface area contributed by atoms with Gasteiger partial charge < -0.3 is 9.80 Å². The Morgan fingerprint density at radius 2 is 2.06 bits per heavy atom. The SMILES string of the molecule is [2H]C1([2H])c2ncccc2C(=O)N1Cc1c(F)cc(-c2cccc3nn(C([2H])([2H])[2H])cc23)cc1N(C)C. The Kier molecular flexibility index (Phi) is 3.32. The molecule has 0 bridgehead atoms. The predicted octanol–water partition coefficient (Wildman–Crippen LogP) is 4.00. The molecule has 0 atom stereocenters. The third-order valence-corrected chi connectivity index (χ3v) is 5.36. The van der Waals surface area contributed by atoms with Crippen LogP contribution < -0.4 is 4.90 Å². The van der Waals surface area contributed by atoms with Gasteiger partial charge in [0.1, 0.15) is 5.82 Å². The molecule has 0 radical (unpaired) electrons. The zero-order chi connectivity index (χ0) is 26.0. The monoisotopic (exact) mass is 420 g/mol. The fourth-order valence-electron chi connectivity index (χ4n) is 3.89. The first-order valence-electron chi connectivity index (χ1n) is 12.2. The molecule has 2 aromatic carbocycles. The smallest absolute Gasteiger partial charge is 0.256 e. The van der Waals surface area contributed by atoms with E-state index in [4.69, 9.17) is 6.85 Å². The summed E-state index contributed by atoms with van der Waals surface area (Å²) in [4.78, 5) is 19.7. The molecule has 2 aromatic heterocycles. The molecular weight excluding hydrogens is 393 g/mol. The lowest BCUT2D eigenvalue weighted by Crippen LogP contribution is -2.25. The highest BCUT2D eigenvalue weighted by Gasteiger charge is 2.30. The lowest BCUT2D eigenvalue weighted by atomic mass is 9.98. The number of carbonyl (C=O) groups is 1. The Balaban J connectivity index is 1.60. The van der Waals surface area contributed by atoms with E-state index < -0.39 is 25.2 Å². The Hall–Kier alpha value is -3.74. The minimum Gasteiger partial charge on any atom is -0.377 e. The summed E-state index contributed by atoms with van der Waals surface area (Å²) in [6.07, 6.45) is 2.84. The molecular formula is C24H22FN5O. The van der Waals surface area contributed by atoms with Crippen LogP contribution in [0.1, 0.15) is 28.5 Å². The molecule has 5 rings (SSSR count). The number of fused-ring (bicyclic) bond motifs is 2. The molecule has 1 amide bonds. The standard InChI is InChI=1S/C24H22FN5O/c1-28(2)23-11-15(16-6-4-8-21-18(16)12-29(3)27-21)10-20(25)19(23)13-30-14-22-17(24(30)31)7-5-9-26-22/h4-12H,13-14H2,1-3H3/i3D3,14D2. The van der Waals surface area contributed by atoms with E-state index in [1.54, 1.807) is 49.3 Å². The van der Waals surface area contributed by atoms with Crippen molar-refractivity contribution in [1.82, 2.24) is 19.7 Å². The van der Waals surface area contributed by atoms with Crippen molar-refractivity contribution in [2.45, 2.75) is 13.0 Å². The molecule has 0 N–H and O–H groups in total. The molecule has 156 valence electrons. The summed E-state index contributed by atoms with van der Waals surface area (Å²) in [5.41, 5.74) is 2.33. The van der Waals surface area contributed by atoms with Gasteiger partial charge in [0.25, 0.3) is 5.91 Å². The largest absolute Gasteiger partial charge is 0.377 e. The zero-order valence-corrected chi connectivity index (χ0v) is 16.9. The number of nitrogens with zero attached hydrogens (tertiary/aromatic N) is 5. The lowest BCUT2D eigenvalue weighted by molar-refractivity contribution is 0.0765. The van der Waals surface area contributed by atoms with E-state index in [9.17, 15) is 4.79 Å². The molecule has 7 heteroatoms. The Morgan fingerprint density at radius 3 is 2.84 bits per heavy atom. The van der Waals surface area contributed by atoms with Crippen LogP contribution in [0.5, 0.6) is 0 Å². The first-order chi connectivity index (χ1) is 16.9. The van der Waals surface area contributed by atoms with E-state index in [0.717, 1.165) is 9.58 Å². The number of anilines is 1. The van der Waals surface area contributed by atoms with Crippen molar-refractivity contribution in [3.05, 3.63) is 77.5 Å². The molecule has 0 aliphatic carbocycles. The molecule has 1 aliphatic rings. The van der Waals surface area contributed by atoms with Crippen LogP contribution >= 0.6 is 0 Å². The molecule has 0 saturated carbocycles. The van der Waals surface area contributed by atoms with E-state index in [2.05, 4.69) is 10.1 Å². The minimum absolute atomic E-state index is 0.0105. The second kappa shape index (κ2) is 7.19. The van der Waals surface area contributed by atoms with Crippen molar-refractivity contribution in [3.63, 3.8) is 0 Å². The van der Waals surface area contributed by atoms with Gasteiger partial charge in [0, 0.05) is 54.2 Å².